The van der Waals surface area contributed by atoms with Gasteiger partial charge in [-0.3, -0.25) is 4.79 Å². The highest BCUT2D eigenvalue weighted by molar-refractivity contribution is 6.00. The molecule has 1 heterocycles. The fourth-order valence-electron chi connectivity index (χ4n) is 2.62. The van der Waals surface area contributed by atoms with Gasteiger partial charge in [0.05, 0.1) is 6.04 Å². The first-order chi connectivity index (χ1) is 8.81. The van der Waals surface area contributed by atoms with E-state index in [4.69, 9.17) is 0 Å². The van der Waals surface area contributed by atoms with Crippen LogP contribution < -0.4 is 5.32 Å². The van der Waals surface area contributed by atoms with Crippen molar-refractivity contribution in [1.82, 2.24) is 5.32 Å². The maximum atomic E-state index is 12.4. The molecule has 0 spiro atoms. The minimum Gasteiger partial charge on any atom is -0.307 e. The molecule has 1 N–H and O–H groups in total. The van der Waals surface area contributed by atoms with Crippen LogP contribution in [0.4, 0.5) is 0 Å². The Kier molecular flexibility index (Phi) is 4.94. The smallest absolute Gasteiger partial charge is 0.179 e. The molecule has 98 valence electrons. The third-order valence-corrected chi connectivity index (χ3v) is 3.63. The van der Waals surface area contributed by atoms with E-state index < -0.39 is 0 Å². The van der Waals surface area contributed by atoms with Crippen LogP contribution in [-0.2, 0) is 6.42 Å². The van der Waals surface area contributed by atoms with Gasteiger partial charge >= 0.3 is 0 Å². The molecule has 18 heavy (non-hydrogen) atoms. The Balaban J connectivity index is 2.09. The quantitative estimate of drug-likeness (QED) is 0.824. The van der Waals surface area contributed by atoms with E-state index in [1.807, 2.05) is 12.1 Å². The zero-order valence-corrected chi connectivity index (χ0v) is 11.2. The first-order valence-electron chi connectivity index (χ1n) is 7.18. The van der Waals surface area contributed by atoms with E-state index in [0.717, 1.165) is 37.8 Å². The van der Waals surface area contributed by atoms with Crippen molar-refractivity contribution in [2.75, 3.05) is 6.54 Å². The van der Waals surface area contributed by atoms with Crippen LogP contribution in [0.3, 0.4) is 0 Å². The second-order valence-corrected chi connectivity index (χ2v) is 5.17. The number of Topliss-reactive ketones (excluding diaryl/α,β-unsaturated/α-hetero) is 1. The standard InChI is InChI=1S/C16H23NO/c1-2-7-13-8-6-9-14(12-13)16(18)15-10-4-3-5-11-17-15/h6,8-9,12,15,17H,2-5,7,10-11H2,1H3. The number of aryl methyl sites for hydroxylation is 1. The minimum absolute atomic E-state index is 0.0318. The van der Waals surface area contributed by atoms with Crippen LogP contribution >= 0.6 is 0 Å². The highest BCUT2D eigenvalue weighted by Gasteiger charge is 2.20. The maximum absolute atomic E-state index is 12.4. The molecule has 0 bridgehead atoms. The zero-order valence-electron chi connectivity index (χ0n) is 11.2. The molecule has 1 aromatic carbocycles. The maximum Gasteiger partial charge on any atom is 0.179 e. The van der Waals surface area contributed by atoms with Crippen LogP contribution in [0.2, 0.25) is 0 Å². The van der Waals surface area contributed by atoms with Gasteiger partial charge in [-0.15, -0.1) is 0 Å². The average Bonchev–Trinajstić information content (AvgIpc) is 2.67. The number of hydrogen-bond donors (Lipinski definition) is 1. The van der Waals surface area contributed by atoms with E-state index in [9.17, 15) is 4.79 Å². The largest absolute Gasteiger partial charge is 0.307 e. The number of rotatable bonds is 4. The van der Waals surface area contributed by atoms with Gasteiger partial charge in [-0.2, -0.15) is 0 Å². The van der Waals surface area contributed by atoms with Crippen molar-refractivity contribution in [3.63, 3.8) is 0 Å². The summed E-state index contributed by atoms with van der Waals surface area (Å²) in [5.41, 5.74) is 2.15. The minimum atomic E-state index is 0.0318. The molecule has 0 aromatic heterocycles. The molecule has 0 saturated carbocycles. The third kappa shape index (κ3) is 3.42. The van der Waals surface area contributed by atoms with Gasteiger partial charge in [0.15, 0.2) is 5.78 Å². The highest BCUT2D eigenvalue weighted by Crippen LogP contribution is 2.15. The van der Waals surface area contributed by atoms with Crippen molar-refractivity contribution in [2.24, 2.45) is 0 Å². The summed E-state index contributed by atoms with van der Waals surface area (Å²) in [6.45, 7) is 3.15. The van der Waals surface area contributed by atoms with Gasteiger partial charge in [0.25, 0.3) is 0 Å². The second-order valence-electron chi connectivity index (χ2n) is 5.17. The van der Waals surface area contributed by atoms with Gasteiger partial charge in [0.2, 0.25) is 0 Å². The molecule has 0 amide bonds. The number of hydrogen-bond acceptors (Lipinski definition) is 2. The summed E-state index contributed by atoms with van der Waals surface area (Å²) in [5, 5.41) is 3.38. The van der Waals surface area contributed by atoms with Crippen molar-refractivity contribution in [3.8, 4) is 0 Å². The highest BCUT2D eigenvalue weighted by atomic mass is 16.1. The lowest BCUT2D eigenvalue weighted by molar-refractivity contribution is 0.0940. The van der Waals surface area contributed by atoms with Crippen molar-refractivity contribution in [1.29, 1.82) is 0 Å². The number of ketones is 1. The fourth-order valence-corrected chi connectivity index (χ4v) is 2.62. The van der Waals surface area contributed by atoms with Crippen LogP contribution in [0.5, 0.6) is 0 Å². The molecule has 1 saturated heterocycles. The monoisotopic (exact) mass is 245 g/mol. The Bertz CT molecular complexity index is 392. The summed E-state index contributed by atoms with van der Waals surface area (Å²) in [4.78, 5) is 12.4. The molecule has 1 aliphatic heterocycles. The molecule has 0 radical (unpaired) electrons. The lowest BCUT2D eigenvalue weighted by Crippen LogP contribution is -2.36. The van der Waals surface area contributed by atoms with E-state index >= 15 is 0 Å². The normalized spacial score (nSPS) is 20.4. The lowest BCUT2D eigenvalue weighted by atomic mass is 9.98. The average molecular weight is 245 g/mol. The molecular formula is C16H23NO. The Labute approximate surface area is 110 Å². The van der Waals surface area contributed by atoms with Gasteiger partial charge in [-0.25, -0.2) is 0 Å². The van der Waals surface area contributed by atoms with Gasteiger partial charge < -0.3 is 5.32 Å². The van der Waals surface area contributed by atoms with E-state index in [1.54, 1.807) is 0 Å². The number of nitrogens with one attached hydrogen (secondary N) is 1. The van der Waals surface area contributed by atoms with Gasteiger partial charge in [-0.1, -0.05) is 44.4 Å². The van der Waals surface area contributed by atoms with Crippen molar-refractivity contribution < 1.29 is 4.79 Å². The summed E-state index contributed by atoms with van der Waals surface area (Å²) in [5.74, 6) is 0.273. The van der Waals surface area contributed by atoms with Crippen molar-refractivity contribution in [2.45, 2.75) is 51.5 Å². The lowest BCUT2D eigenvalue weighted by Gasteiger charge is -2.15. The molecule has 2 rings (SSSR count). The Morgan fingerprint density at radius 3 is 3.06 bits per heavy atom. The molecular weight excluding hydrogens is 222 g/mol. The fraction of sp³-hybridized carbons (Fsp3) is 0.562. The SMILES string of the molecule is CCCc1cccc(C(=O)C2CCCCCN2)c1. The third-order valence-electron chi connectivity index (χ3n) is 3.63. The Morgan fingerprint density at radius 2 is 2.22 bits per heavy atom. The van der Waals surface area contributed by atoms with Crippen LogP contribution in [-0.4, -0.2) is 18.4 Å². The van der Waals surface area contributed by atoms with Crippen molar-refractivity contribution >= 4 is 5.78 Å². The summed E-state index contributed by atoms with van der Waals surface area (Å²) in [6, 6.07) is 8.17. The zero-order chi connectivity index (χ0) is 12.8. The summed E-state index contributed by atoms with van der Waals surface area (Å²) < 4.78 is 0. The Hall–Kier alpha value is -1.15. The van der Waals surface area contributed by atoms with Gasteiger partial charge in [-0.05, 0) is 37.4 Å². The molecule has 1 aliphatic rings. The van der Waals surface area contributed by atoms with Crippen LogP contribution in [0.15, 0.2) is 24.3 Å². The summed E-state index contributed by atoms with van der Waals surface area (Å²) in [7, 11) is 0. The number of benzene rings is 1. The van der Waals surface area contributed by atoms with E-state index in [-0.39, 0.29) is 11.8 Å². The summed E-state index contributed by atoms with van der Waals surface area (Å²) in [6.07, 6.45) is 6.76. The molecule has 0 aliphatic carbocycles. The first-order valence-corrected chi connectivity index (χ1v) is 7.18. The second kappa shape index (κ2) is 6.69. The molecule has 1 atom stereocenters. The van der Waals surface area contributed by atoms with Crippen LogP contribution in [0, 0.1) is 0 Å². The predicted molar refractivity (Wildman–Crippen MR) is 75.0 cm³/mol. The van der Waals surface area contributed by atoms with E-state index in [2.05, 4.69) is 24.4 Å². The van der Waals surface area contributed by atoms with Gasteiger partial charge in [0.1, 0.15) is 0 Å². The topological polar surface area (TPSA) is 29.1 Å². The molecule has 2 heteroatoms. The molecule has 2 nitrogen and oxygen atoms in total. The van der Waals surface area contributed by atoms with E-state index in [0.29, 0.717) is 0 Å². The molecule has 1 unspecified atom stereocenters. The van der Waals surface area contributed by atoms with E-state index in [1.165, 1.54) is 18.4 Å². The molecule has 1 aromatic rings. The van der Waals surface area contributed by atoms with Gasteiger partial charge in [0, 0.05) is 5.56 Å². The predicted octanol–water partition coefficient (Wildman–Crippen LogP) is 3.35. The molecule has 1 fully saturated rings. The summed E-state index contributed by atoms with van der Waals surface area (Å²) >= 11 is 0. The Morgan fingerprint density at radius 1 is 1.33 bits per heavy atom. The van der Waals surface area contributed by atoms with Crippen LogP contribution in [0.25, 0.3) is 0 Å². The number of carbonyl (C=O) groups excluding carboxylic acids is 1. The first kappa shape index (κ1) is 13.3. The van der Waals surface area contributed by atoms with Crippen LogP contribution in [0.1, 0.15) is 54.9 Å². The van der Waals surface area contributed by atoms with Crippen molar-refractivity contribution in [3.05, 3.63) is 35.4 Å². The number of carbonyl (C=O) groups is 1.